The van der Waals surface area contributed by atoms with Crippen molar-refractivity contribution in [2.45, 2.75) is 3.74 Å². The fourth-order valence-electron chi connectivity index (χ4n) is 0.558. The van der Waals surface area contributed by atoms with E-state index in [0.29, 0.717) is 0 Å². The normalized spacial score (nSPS) is 10.4. The third kappa shape index (κ3) is 2.04. The summed E-state index contributed by atoms with van der Waals surface area (Å²) in [7, 11) is 0. The van der Waals surface area contributed by atoms with Crippen molar-refractivity contribution in [1.29, 1.82) is 0 Å². The zero-order chi connectivity index (χ0) is 7.56. The summed E-state index contributed by atoms with van der Waals surface area (Å²) in [5, 5.41) is 0. The number of rotatable bonds is 1. The molecular weight excluding hydrogens is 326 g/mol. The van der Waals surface area contributed by atoms with Crippen LogP contribution < -0.4 is 0 Å². The number of halogens is 3. The first-order valence-electron chi connectivity index (χ1n) is 2.60. The summed E-state index contributed by atoms with van der Waals surface area (Å²) >= 11 is 10.1. The molecule has 0 spiro atoms. The van der Waals surface area contributed by atoms with Crippen LogP contribution in [0.25, 0.3) is 0 Å². The summed E-state index contributed by atoms with van der Waals surface area (Å²) in [5.41, 5.74) is 0.961. The Morgan fingerprint density at radius 2 is 2.10 bits per heavy atom. The van der Waals surface area contributed by atoms with Crippen LogP contribution >= 0.6 is 47.8 Å². The van der Waals surface area contributed by atoms with Crippen molar-refractivity contribution in [2.75, 3.05) is 0 Å². The van der Waals surface area contributed by atoms with Gasteiger partial charge in [0.25, 0.3) is 0 Å². The predicted molar refractivity (Wildman–Crippen MR) is 52.5 cm³/mol. The Balaban J connectivity index is 3.03. The van der Waals surface area contributed by atoms with Crippen molar-refractivity contribution in [2.24, 2.45) is 0 Å². The van der Waals surface area contributed by atoms with E-state index in [2.05, 4.69) is 52.8 Å². The highest BCUT2D eigenvalue weighted by molar-refractivity contribution is 9.24. The second-order valence-corrected chi connectivity index (χ2v) is 5.59. The molecule has 0 aliphatic rings. The molecule has 0 bridgehead atoms. The lowest BCUT2D eigenvalue weighted by molar-refractivity contribution is 1.16. The molecule has 0 saturated heterocycles. The van der Waals surface area contributed by atoms with Gasteiger partial charge in [-0.25, -0.2) is 0 Å². The lowest BCUT2D eigenvalue weighted by Crippen LogP contribution is -1.86. The molecule has 10 heavy (non-hydrogen) atoms. The van der Waals surface area contributed by atoms with Gasteiger partial charge in [-0.05, 0) is 28.1 Å². The average Bonchev–Trinajstić information content (AvgIpc) is 1.88. The summed E-state index contributed by atoms with van der Waals surface area (Å²) in [4.78, 5) is 4.14. The molecule has 4 heteroatoms. The monoisotopic (exact) mass is 327 g/mol. The van der Waals surface area contributed by atoms with Gasteiger partial charge in [-0.3, -0.25) is 4.98 Å². The van der Waals surface area contributed by atoms with Crippen molar-refractivity contribution in [3.05, 3.63) is 28.5 Å². The first-order valence-corrected chi connectivity index (χ1v) is 5.23. The van der Waals surface area contributed by atoms with Gasteiger partial charge in [0.05, 0.1) is 5.69 Å². The molecular formula is C6H4Br3N. The summed E-state index contributed by atoms with van der Waals surface area (Å²) in [6.45, 7) is 0. The van der Waals surface area contributed by atoms with Crippen LogP contribution in [0.15, 0.2) is 22.8 Å². The second kappa shape index (κ2) is 3.83. The third-order valence-electron chi connectivity index (χ3n) is 0.994. The number of aromatic nitrogens is 1. The molecule has 54 valence electrons. The van der Waals surface area contributed by atoms with E-state index in [1.54, 1.807) is 6.20 Å². The maximum Gasteiger partial charge on any atom is 0.113 e. The SMILES string of the molecule is Brc1cccnc1C(Br)Br. The minimum Gasteiger partial charge on any atom is -0.258 e. The molecule has 1 aromatic heterocycles. The lowest BCUT2D eigenvalue weighted by atomic mass is 10.4. The first-order chi connectivity index (χ1) is 4.72. The number of hydrogen-bond donors (Lipinski definition) is 0. The molecule has 1 rings (SSSR count). The van der Waals surface area contributed by atoms with E-state index >= 15 is 0 Å². The van der Waals surface area contributed by atoms with Crippen molar-refractivity contribution >= 4 is 47.8 Å². The number of nitrogens with zero attached hydrogens (tertiary/aromatic N) is 1. The molecule has 0 unspecified atom stereocenters. The van der Waals surface area contributed by atoms with Crippen molar-refractivity contribution in [1.82, 2.24) is 4.98 Å². The highest BCUT2D eigenvalue weighted by Gasteiger charge is 2.06. The van der Waals surface area contributed by atoms with Crippen molar-refractivity contribution in [3.63, 3.8) is 0 Å². The fourth-order valence-corrected chi connectivity index (χ4v) is 2.39. The Labute approximate surface area is 84.6 Å². The van der Waals surface area contributed by atoms with Crippen LogP contribution in [0.1, 0.15) is 9.43 Å². The van der Waals surface area contributed by atoms with E-state index in [1.807, 2.05) is 12.1 Å². The van der Waals surface area contributed by atoms with Crippen LogP contribution in [-0.4, -0.2) is 4.98 Å². The van der Waals surface area contributed by atoms with Crippen LogP contribution in [0, 0.1) is 0 Å². The van der Waals surface area contributed by atoms with Crippen LogP contribution in [0.2, 0.25) is 0 Å². The van der Waals surface area contributed by atoms with Gasteiger partial charge >= 0.3 is 0 Å². The quantitative estimate of drug-likeness (QED) is 0.717. The number of pyridine rings is 1. The largest absolute Gasteiger partial charge is 0.258 e. The minimum absolute atomic E-state index is 0.121. The maximum atomic E-state index is 4.14. The standard InChI is InChI=1S/C6H4Br3N/c7-4-2-1-3-10-5(4)6(8)9/h1-3,6H. The van der Waals surface area contributed by atoms with E-state index in [0.717, 1.165) is 10.2 Å². The lowest BCUT2D eigenvalue weighted by Gasteiger charge is -2.01. The molecule has 0 N–H and O–H groups in total. The molecule has 0 aromatic carbocycles. The van der Waals surface area contributed by atoms with Gasteiger partial charge in [-0.1, -0.05) is 31.9 Å². The van der Waals surface area contributed by atoms with Crippen LogP contribution in [-0.2, 0) is 0 Å². The van der Waals surface area contributed by atoms with Gasteiger partial charge < -0.3 is 0 Å². The molecule has 1 nitrogen and oxygen atoms in total. The fraction of sp³-hybridized carbons (Fsp3) is 0.167. The average molecular weight is 330 g/mol. The highest BCUT2D eigenvalue weighted by Crippen LogP contribution is 2.32. The molecule has 0 fully saturated rings. The molecule has 0 saturated carbocycles. The molecule has 0 radical (unpaired) electrons. The summed E-state index contributed by atoms with van der Waals surface area (Å²) in [6, 6.07) is 3.84. The third-order valence-corrected chi connectivity index (χ3v) is 2.53. The molecule has 1 heterocycles. The summed E-state index contributed by atoms with van der Waals surface area (Å²) < 4.78 is 1.13. The van der Waals surface area contributed by atoms with Gasteiger partial charge in [0.15, 0.2) is 0 Å². The van der Waals surface area contributed by atoms with Gasteiger partial charge in [-0.2, -0.15) is 0 Å². The molecule has 0 aliphatic heterocycles. The predicted octanol–water partition coefficient (Wildman–Crippen LogP) is 3.63. The maximum absolute atomic E-state index is 4.14. The zero-order valence-corrected chi connectivity index (χ0v) is 9.65. The van der Waals surface area contributed by atoms with Gasteiger partial charge in [-0.15, -0.1) is 0 Å². The molecule has 0 atom stereocenters. The van der Waals surface area contributed by atoms with E-state index < -0.39 is 0 Å². The molecule has 0 aliphatic carbocycles. The van der Waals surface area contributed by atoms with Crippen molar-refractivity contribution in [3.8, 4) is 0 Å². The Morgan fingerprint density at radius 1 is 1.40 bits per heavy atom. The Morgan fingerprint density at radius 3 is 2.50 bits per heavy atom. The van der Waals surface area contributed by atoms with Gasteiger partial charge in [0.2, 0.25) is 0 Å². The second-order valence-electron chi connectivity index (χ2n) is 1.67. The first kappa shape index (κ1) is 8.68. The Hall–Kier alpha value is 0.590. The van der Waals surface area contributed by atoms with E-state index in [-0.39, 0.29) is 3.74 Å². The van der Waals surface area contributed by atoms with E-state index in [4.69, 9.17) is 0 Å². The van der Waals surface area contributed by atoms with Crippen molar-refractivity contribution < 1.29 is 0 Å². The Kier molecular flexibility index (Phi) is 3.33. The smallest absolute Gasteiger partial charge is 0.113 e. The summed E-state index contributed by atoms with van der Waals surface area (Å²) in [5.74, 6) is 0. The topological polar surface area (TPSA) is 12.9 Å². The van der Waals surface area contributed by atoms with Crippen LogP contribution in [0.4, 0.5) is 0 Å². The Bertz CT molecular complexity index is 224. The van der Waals surface area contributed by atoms with Crippen LogP contribution in [0.5, 0.6) is 0 Å². The zero-order valence-electron chi connectivity index (χ0n) is 4.89. The molecule has 1 aromatic rings. The molecule has 0 amide bonds. The van der Waals surface area contributed by atoms with Gasteiger partial charge in [0.1, 0.15) is 3.74 Å². The van der Waals surface area contributed by atoms with E-state index in [9.17, 15) is 0 Å². The van der Waals surface area contributed by atoms with Crippen LogP contribution in [0.3, 0.4) is 0 Å². The summed E-state index contributed by atoms with van der Waals surface area (Å²) in [6.07, 6.45) is 1.76. The minimum atomic E-state index is 0.121. The van der Waals surface area contributed by atoms with E-state index in [1.165, 1.54) is 0 Å². The highest BCUT2D eigenvalue weighted by atomic mass is 79.9. The van der Waals surface area contributed by atoms with Gasteiger partial charge in [0, 0.05) is 10.7 Å². The number of alkyl halides is 2. The number of hydrogen-bond acceptors (Lipinski definition) is 1.